The molecule has 1 heterocycles. The van der Waals surface area contributed by atoms with Crippen molar-refractivity contribution < 1.29 is 13.9 Å². The van der Waals surface area contributed by atoms with Gasteiger partial charge in [0.1, 0.15) is 17.9 Å². The Bertz CT molecular complexity index is 1230. The van der Waals surface area contributed by atoms with Crippen molar-refractivity contribution in [2.45, 2.75) is 13.5 Å². The van der Waals surface area contributed by atoms with E-state index in [9.17, 15) is 4.79 Å². The average molecular weight is 407 g/mol. The average Bonchev–Trinajstić information content (AvgIpc) is 2.73. The van der Waals surface area contributed by atoms with Crippen LogP contribution < -0.4 is 14.9 Å². The zero-order chi connectivity index (χ0) is 20.4. The standard InChI is InChI=1S/C24H19ClO4/c1-15-6-11-21-20(12-15)22(26)24(28-14-16-4-3-5-18(25)13-16)23(29-21)17-7-9-19(27-2)10-8-17/h3-13H,14H2,1-2H3. The third-order valence-corrected chi connectivity index (χ3v) is 4.86. The molecule has 29 heavy (non-hydrogen) atoms. The van der Waals surface area contributed by atoms with Crippen LogP contribution in [0.25, 0.3) is 22.3 Å². The normalized spacial score (nSPS) is 10.9. The fourth-order valence-electron chi connectivity index (χ4n) is 3.14. The predicted molar refractivity (Wildman–Crippen MR) is 115 cm³/mol. The van der Waals surface area contributed by atoms with Crippen LogP contribution >= 0.6 is 11.6 Å². The second-order valence-electron chi connectivity index (χ2n) is 6.74. The summed E-state index contributed by atoms with van der Waals surface area (Å²) in [6.07, 6.45) is 0. The Morgan fingerprint density at radius 2 is 1.79 bits per heavy atom. The van der Waals surface area contributed by atoms with Gasteiger partial charge in [0.2, 0.25) is 11.2 Å². The molecule has 0 unspecified atom stereocenters. The largest absolute Gasteiger partial charge is 0.497 e. The summed E-state index contributed by atoms with van der Waals surface area (Å²) in [6, 6.07) is 20.2. The number of halogens is 1. The van der Waals surface area contributed by atoms with E-state index in [1.807, 2.05) is 55.5 Å². The summed E-state index contributed by atoms with van der Waals surface area (Å²) in [5.41, 5.74) is 2.88. The zero-order valence-electron chi connectivity index (χ0n) is 16.1. The van der Waals surface area contributed by atoms with E-state index in [1.54, 1.807) is 25.3 Å². The molecule has 0 bridgehead atoms. The van der Waals surface area contributed by atoms with Crippen LogP contribution in [0, 0.1) is 6.92 Å². The summed E-state index contributed by atoms with van der Waals surface area (Å²) in [5, 5.41) is 1.10. The lowest BCUT2D eigenvalue weighted by molar-refractivity contribution is 0.298. The quantitative estimate of drug-likeness (QED) is 0.407. The lowest BCUT2D eigenvalue weighted by atomic mass is 10.1. The topological polar surface area (TPSA) is 48.7 Å². The molecule has 1 aromatic heterocycles. The van der Waals surface area contributed by atoms with Crippen LogP contribution in [0.15, 0.2) is 75.9 Å². The summed E-state index contributed by atoms with van der Waals surface area (Å²) >= 11 is 6.06. The molecule has 0 fully saturated rings. The van der Waals surface area contributed by atoms with Gasteiger partial charge in [-0.3, -0.25) is 4.79 Å². The maximum atomic E-state index is 13.3. The number of benzene rings is 3. The summed E-state index contributed by atoms with van der Waals surface area (Å²) in [6.45, 7) is 2.13. The van der Waals surface area contributed by atoms with E-state index in [-0.39, 0.29) is 17.8 Å². The molecule has 4 rings (SSSR count). The highest BCUT2D eigenvalue weighted by Gasteiger charge is 2.18. The van der Waals surface area contributed by atoms with Crippen molar-refractivity contribution in [2.24, 2.45) is 0 Å². The highest BCUT2D eigenvalue weighted by Crippen LogP contribution is 2.32. The molecule has 0 saturated heterocycles. The van der Waals surface area contributed by atoms with E-state index >= 15 is 0 Å². The van der Waals surface area contributed by atoms with Crippen molar-refractivity contribution in [3.63, 3.8) is 0 Å². The molecule has 0 saturated carbocycles. The van der Waals surface area contributed by atoms with Gasteiger partial charge in [-0.1, -0.05) is 35.4 Å². The second-order valence-corrected chi connectivity index (χ2v) is 7.17. The smallest absolute Gasteiger partial charge is 0.235 e. The molecule has 3 aromatic carbocycles. The molecule has 0 aliphatic carbocycles. The van der Waals surface area contributed by atoms with Gasteiger partial charge in [-0.15, -0.1) is 0 Å². The maximum Gasteiger partial charge on any atom is 0.235 e. The van der Waals surface area contributed by atoms with Gasteiger partial charge in [0.05, 0.1) is 12.5 Å². The fraction of sp³-hybridized carbons (Fsp3) is 0.125. The van der Waals surface area contributed by atoms with Crippen LogP contribution in [0.1, 0.15) is 11.1 Å². The van der Waals surface area contributed by atoms with Crippen molar-refractivity contribution >= 4 is 22.6 Å². The number of ether oxygens (including phenoxy) is 2. The molecule has 4 nitrogen and oxygen atoms in total. The van der Waals surface area contributed by atoms with Crippen LogP contribution in [0.4, 0.5) is 0 Å². The van der Waals surface area contributed by atoms with Crippen molar-refractivity contribution in [1.29, 1.82) is 0 Å². The van der Waals surface area contributed by atoms with E-state index in [0.717, 1.165) is 16.7 Å². The molecule has 0 radical (unpaired) electrons. The van der Waals surface area contributed by atoms with E-state index in [2.05, 4.69) is 0 Å². The predicted octanol–water partition coefficient (Wildman–Crippen LogP) is 6.01. The fourth-order valence-corrected chi connectivity index (χ4v) is 3.35. The molecular weight excluding hydrogens is 388 g/mol. The summed E-state index contributed by atoms with van der Waals surface area (Å²) in [5.74, 6) is 1.28. The first-order valence-electron chi connectivity index (χ1n) is 9.14. The van der Waals surface area contributed by atoms with Crippen LogP contribution in [0.2, 0.25) is 5.02 Å². The Morgan fingerprint density at radius 1 is 1.00 bits per heavy atom. The lowest BCUT2D eigenvalue weighted by Gasteiger charge is -2.12. The first-order valence-corrected chi connectivity index (χ1v) is 9.52. The summed E-state index contributed by atoms with van der Waals surface area (Å²) in [7, 11) is 1.60. The van der Waals surface area contributed by atoms with Gasteiger partial charge in [-0.25, -0.2) is 0 Å². The number of aryl methyl sites for hydroxylation is 1. The zero-order valence-corrected chi connectivity index (χ0v) is 16.8. The number of methoxy groups -OCH3 is 1. The Hall–Kier alpha value is -3.24. The molecule has 0 atom stereocenters. The molecule has 0 aliphatic rings. The lowest BCUT2D eigenvalue weighted by Crippen LogP contribution is -2.10. The molecule has 0 aliphatic heterocycles. The number of hydrogen-bond donors (Lipinski definition) is 0. The first-order chi connectivity index (χ1) is 14.0. The minimum absolute atomic E-state index is 0.174. The highest BCUT2D eigenvalue weighted by molar-refractivity contribution is 6.30. The van der Waals surface area contributed by atoms with Crippen molar-refractivity contribution in [1.82, 2.24) is 0 Å². The van der Waals surface area contributed by atoms with E-state index in [4.69, 9.17) is 25.5 Å². The van der Waals surface area contributed by atoms with Gasteiger partial charge >= 0.3 is 0 Å². The van der Waals surface area contributed by atoms with Gasteiger partial charge in [0.15, 0.2) is 5.76 Å². The van der Waals surface area contributed by atoms with Gasteiger partial charge in [0.25, 0.3) is 0 Å². The third-order valence-electron chi connectivity index (χ3n) is 4.63. The molecule has 4 aromatic rings. The Labute approximate surface area is 173 Å². The number of fused-ring (bicyclic) bond motifs is 1. The summed E-state index contributed by atoms with van der Waals surface area (Å²) in [4.78, 5) is 13.3. The van der Waals surface area contributed by atoms with Gasteiger partial charge in [-0.2, -0.15) is 0 Å². The first kappa shape index (κ1) is 19.1. The van der Waals surface area contributed by atoms with Crippen LogP contribution in [0.3, 0.4) is 0 Å². The second kappa shape index (κ2) is 8.02. The third kappa shape index (κ3) is 3.98. The van der Waals surface area contributed by atoms with Gasteiger partial charge < -0.3 is 13.9 Å². The molecular formula is C24H19ClO4. The molecule has 5 heteroatoms. The van der Waals surface area contributed by atoms with Crippen LogP contribution in [0.5, 0.6) is 11.5 Å². The van der Waals surface area contributed by atoms with Gasteiger partial charge in [0, 0.05) is 10.6 Å². The van der Waals surface area contributed by atoms with Crippen molar-refractivity contribution in [3.8, 4) is 22.8 Å². The maximum absolute atomic E-state index is 13.3. The van der Waals surface area contributed by atoms with Crippen molar-refractivity contribution in [2.75, 3.05) is 7.11 Å². The number of rotatable bonds is 5. The SMILES string of the molecule is COc1ccc(-c2oc3ccc(C)cc3c(=O)c2OCc2cccc(Cl)c2)cc1. The minimum atomic E-state index is -0.206. The highest BCUT2D eigenvalue weighted by atomic mass is 35.5. The Morgan fingerprint density at radius 3 is 2.52 bits per heavy atom. The van der Waals surface area contributed by atoms with E-state index < -0.39 is 0 Å². The molecule has 146 valence electrons. The summed E-state index contributed by atoms with van der Waals surface area (Å²) < 4.78 is 17.3. The van der Waals surface area contributed by atoms with Crippen LogP contribution in [-0.4, -0.2) is 7.11 Å². The monoisotopic (exact) mass is 406 g/mol. The van der Waals surface area contributed by atoms with Crippen LogP contribution in [-0.2, 0) is 6.61 Å². The number of hydrogen-bond acceptors (Lipinski definition) is 4. The molecule has 0 spiro atoms. The van der Waals surface area contributed by atoms with Crippen molar-refractivity contribution in [3.05, 3.63) is 93.1 Å². The van der Waals surface area contributed by atoms with E-state index in [1.165, 1.54) is 0 Å². The minimum Gasteiger partial charge on any atom is -0.497 e. The van der Waals surface area contributed by atoms with E-state index in [0.29, 0.717) is 27.5 Å². The molecule has 0 N–H and O–H groups in total. The Balaban J connectivity index is 1.84. The Kier molecular flexibility index (Phi) is 5.28. The molecule has 0 amide bonds. The van der Waals surface area contributed by atoms with Gasteiger partial charge in [-0.05, 0) is 61.0 Å².